The number of hydrogen-bond acceptors (Lipinski definition) is 3. The van der Waals surface area contributed by atoms with E-state index in [4.69, 9.17) is 4.74 Å². The first kappa shape index (κ1) is 22.9. The zero-order valence-corrected chi connectivity index (χ0v) is 16.6. The fraction of sp³-hybridized carbons (Fsp3) is 0.591. The molecule has 0 fully saturated rings. The molecule has 0 bridgehead atoms. The van der Waals surface area contributed by atoms with Crippen LogP contribution in [0.3, 0.4) is 0 Å². The summed E-state index contributed by atoms with van der Waals surface area (Å²) in [4.78, 5) is 26.6. The highest BCUT2D eigenvalue weighted by Gasteiger charge is 2.01. The lowest BCUT2D eigenvalue weighted by atomic mass is 10.1. The first-order valence-corrected chi connectivity index (χ1v) is 10.2. The molecule has 1 aromatic rings. The predicted octanol–water partition coefficient (Wildman–Crippen LogP) is 5.43. The summed E-state index contributed by atoms with van der Waals surface area (Å²) < 4.78 is 5.17. The summed E-state index contributed by atoms with van der Waals surface area (Å²) in [5, 5.41) is 2.80. The molecule has 0 unspecified atom stereocenters. The SMILES string of the molecule is C/C=N/C(=O)CCCCCCCCCCCNC(=O)OCc1ccccc1. The Balaban J connectivity index is 1.82. The number of ether oxygens (including phenoxy) is 1. The Kier molecular flexibility index (Phi) is 13.6. The molecule has 0 atom stereocenters. The van der Waals surface area contributed by atoms with Crippen molar-refractivity contribution in [2.45, 2.75) is 77.7 Å². The molecule has 0 aliphatic carbocycles. The maximum absolute atomic E-state index is 11.6. The number of carbonyl (C=O) groups is 2. The molecule has 0 saturated heterocycles. The van der Waals surface area contributed by atoms with Crippen LogP contribution in [0.15, 0.2) is 35.3 Å². The molecule has 5 heteroatoms. The fourth-order valence-corrected chi connectivity index (χ4v) is 2.81. The van der Waals surface area contributed by atoms with Crippen LogP contribution in [0.5, 0.6) is 0 Å². The highest BCUT2D eigenvalue weighted by atomic mass is 16.5. The van der Waals surface area contributed by atoms with Gasteiger partial charge in [0.25, 0.3) is 0 Å². The first-order valence-electron chi connectivity index (χ1n) is 10.2. The van der Waals surface area contributed by atoms with E-state index >= 15 is 0 Å². The van der Waals surface area contributed by atoms with Crippen molar-refractivity contribution < 1.29 is 14.3 Å². The summed E-state index contributed by atoms with van der Waals surface area (Å²) in [5.41, 5.74) is 0.994. The number of carbonyl (C=O) groups excluding carboxylic acids is 2. The lowest BCUT2D eigenvalue weighted by Gasteiger charge is -2.07. The third kappa shape index (κ3) is 13.7. The topological polar surface area (TPSA) is 67.8 Å². The maximum atomic E-state index is 11.6. The smallest absolute Gasteiger partial charge is 0.407 e. The van der Waals surface area contributed by atoms with Gasteiger partial charge in [0, 0.05) is 19.2 Å². The van der Waals surface area contributed by atoms with Gasteiger partial charge in [-0.25, -0.2) is 9.79 Å². The van der Waals surface area contributed by atoms with Crippen molar-refractivity contribution in [1.82, 2.24) is 5.32 Å². The molecule has 1 aromatic carbocycles. The van der Waals surface area contributed by atoms with Gasteiger partial charge in [-0.05, 0) is 25.3 Å². The fourth-order valence-electron chi connectivity index (χ4n) is 2.81. The van der Waals surface area contributed by atoms with E-state index in [2.05, 4.69) is 10.3 Å². The van der Waals surface area contributed by atoms with Gasteiger partial charge in [0.1, 0.15) is 6.61 Å². The van der Waals surface area contributed by atoms with Crippen LogP contribution in [0.2, 0.25) is 0 Å². The third-order valence-corrected chi connectivity index (χ3v) is 4.32. The molecule has 0 radical (unpaired) electrons. The largest absolute Gasteiger partial charge is 0.445 e. The van der Waals surface area contributed by atoms with Crippen LogP contribution in [-0.2, 0) is 16.1 Å². The summed E-state index contributed by atoms with van der Waals surface area (Å²) in [6, 6.07) is 9.68. The van der Waals surface area contributed by atoms with Crippen molar-refractivity contribution in [3.8, 4) is 0 Å². The summed E-state index contributed by atoms with van der Waals surface area (Å²) in [5.74, 6) is -0.00458. The van der Waals surface area contributed by atoms with Crippen LogP contribution in [0, 0.1) is 0 Å². The number of aliphatic imine (C=N–C) groups is 1. The summed E-state index contributed by atoms with van der Waals surface area (Å²) in [6.45, 7) is 2.75. The Hall–Kier alpha value is -2.17. The van der Waals surface area contributed by atoms with Gasteiger partial charge in [-0.2, -0.15) is 0 Å². The molecule has 150 valence electrons. The van der Waals surface area contributed by atoms with Crippen molar-refractivity contribution in [2.24, 2.45) is 4.99 Å². The van der Waals surface area contributed by atoms with Crippen LogP contribution >= 0.6 is 0 Å². The molecule has 0 saturated carbocycles. The van der Waals surface area contributed by atoms with Gasteiger partial charge >= 0.3 is 6.09 Å². The van der Waals surface area contributed by atoms with Crippen LogP contribution < -0.4 is 5.32 Å². The van der Waals surface area contributed by atoms with E-state index in [1.54, 1.807) is 13.1 Å². The molecule has 2 amide bonds. The van der Waals surface area contributed by atoms with Crippen LogP contribution in [-0.4, -0.2) is 24.8 Å². The van der Waals surface area contributed by atoms with E-state index in [9.17, 15) is 9.59 Å². The standard InChI is InChI=1S/C22H34N2O3/c1-2-23-21(25)17-13-8-6-4-3-5-7-9-14-18-24-22(26)27-19-20-15-11-10-12-16-20/h2,10-12,15-16H,3-9,13-14,17-19H2,1H3,(H,24,26)/b23-2+. The number of alkyl carbamates (subject to hydrolysis) is 1. The third-order valence-electron chi connectivity index (χ3n) is 4.32. The highest BCUT2D eigenvalue weighted by molar-refractivity contribution is 5.84. The molecule has 0 spiro atoms. The number of benzene rings is 1. The number of hydrogen-bond donors (Lipinski definition) is 1. The quantitative estimate of drug-likeness (QED) is 0.349. The summed E-state index contributed by atoms with van der Waals surface area (Å²) >= 11 is 0. The van der Waals surface area contributed by atoms with E-state index in [1.165, 1.54) is 32.1 Å². The zero-order chi connectivity index (χ0) is 19.6. The molecular weight excluding hydrogens is 340 g/mol. The normalized spacial score (nSPS) is 10.9. The Morgan fingerprint density at radius 3 is 2.15 bits per heavy atom. The van der Waals surface area contributed by atoms with E-state index in [1.807, 2.05) is 30.3 Å². The van der Waals surface area contributed by atoms with Crippen molar-refractivity contribution >= 4 is 18.2 Å². The maximum Gasteiger partial charge on any atom is 0.407 e. The average molecular weight is 375 g/mol. The van der Waals surface area contributed by atoms with E-state index in [-0.39, 0.29) is 12.0 Å². The lowest BCUT2D eigenvalue weighted by Crippen LogP contribution is -2.25. The first-order chi connectivity index (χ1) is 13.2. The van der Waals surface area contributed by atoms with E-state index < -0.39 is 0 Å². The van der Waals surface area contributed by atoms with Gasteiger partial charge in [0.15, 0.2) is 0 Å². The minimum atomic E-state index is -0.345. The monoisotopic (exact) mass is 374 g/mol. The second-order valence-electron chi connectivity index (χ2n) is 6.70. The van der Waals surface area contributed by atoms with Crippen LogP contribution in [0.1, 0.15) is 76.7 Å². The van der Waals surface area contributed by atoms with Gasteiger partial charge in [-0.1, -0.05) is 75.3 Å². The minimum Gasteiger partial charge on any atom is -0.445 e. The second kappa shape index (κ2) is 16.0. The summed E-state index contributed by atoms with van der Waals surface area (Å²) in [7, 11) is 0. The molecule has 1 rings (SSSR count). The van der Waals surface area contributed by atoms with Crippen molar-refractivity contribution in [3.05, 3.63) is 35.9 Å². The summed E-state index contributed by atoms with van der Waals surface area (Å²) in [6.07, 6.45) is 12.1. The molecule has 0 aromatic heterocycles. The Morgan fingerprint density at radius 1 is 0.926 bits per heavy atom. The van der Waals surface area contributed by atoms with E-state index in [0.717, 1.165) is 31.2 Å². The number of unbranched alkanes of at least 4 members (excludes halogenated alkanes) is 8. The van der Waals surface area contributed by atoms with Crippen LogP contribution in [0.25, 0.3) is 0 Å². The molecule has 5 nitrogen and oxygen atoms in total. The Morgan fingerprint density at radius 2 is 1.52 bits per heavy atom. The molecule has 1 N–H and O–H groups in total. The minimum absolute atomic E-state index is 0.00458. The predicted molar refractivity (Wildman–Crippen MR) is 110 cm³/mol. The van der Waals surface area contributed by atoms with Crippen LogP contribution in [0.4, 0.5) is 4.79 Å². The zero-order valence-electron chi connectivity index (χ0n) is 16.6. The Labute approximate surface area is 163 Å². The second-order valence-corrected chi connectivity index (χ2v) is 6.70. The van der Waals surface area contributed by atoms with Crippen molar-refractivity contribution in [1.29, 1.82) is 0 Å². The molecular formula is C22H34N2O3. The Bertz CT molecular complexity index is 544. The molecule has 0 aliphatic rings. The molecule has 27 heavy (non-hydrogen) atoms. The molecule has 0 aliphatic heterocycles. The van der Waals surface area contributed by atoms with Crippen molar-refractivity contribution in [2.75, 3.05) is 6.54 Å². The number of nitrogens with zero attached hydrogens (tertiary/aromatic N) is 1. The van der Waals surface area contributed by atoms with E-state index in [0.29, 0.717) is 19.6 Å². The number of amides is 2. The van der Waals surface area contributed by atoms with Gasteiger partial charge in [0.2, 0.25) is 5.91 Å². The van der Waals surface area contributed by atoms with Gasteiger partial charge in [-0.15, -0.1) is 0 Å². The number of rotatable bonds is 14. The van der Waals surface area contributed by atoms with Gasteiger partial charge in [-0.3, -0.25) is 4.79 Å². The van der Waals surface area contributed by atoms with Gasteiger partial charge < -0.3 is 10.1 Å². The van der Waals surface area contributed by atoms with Crippen molar-refractivity contribution in [3.63, 3.8) is 0 Å². The van der Waals surface area contributed by atoms with Gasteiger partial charge in [0.05, 0.1) is 0 Å². The lowest BCUT2D eigenvalue weighted by molar-refractivity contribution is -0.117. The number of nitrogens with one attached hydrogen (secondary N) is 1. The molecule has 0 heterocycles. The average Bonchev–Trinajstić information content (AvgIpc) is 2.68. The highest BCUT2D eigenvalue weighted by Crippen LogP contribution is 2.10.